The van der Waals surface area contributed by atoms with Crippen LogP contribution in [-0.2, 0) is 4.74 Å². The predicted molar refractivity (Wildman–Crippen MR) is 86.8 cm³/mol. The maximum absolute atomic E-state index is 12.6. The fourth-order valence-electron chi connectivity index (χ4n) is 3.57. The lowest BCUT2D eigenvalue weighted by atomic mass is 9.90. The van der Waals surface area contributed by atoms with Gasteiger partial charge in [0.1, 0.15) is 11.4 Å². The lowest BCUT2D eigenvalue weighted by Gasteiger charge is -2.48. The number of anilines is 1. The van der Waals surface area contributed by atoms with E-state index in [0.29, 0.717) is 32.0 Å². The van der Waals surface area contributed by atoms with E-state index in [0.717, 1.165) is 25.2 Å². The number of morpholine rings is 1. The number of ether oxygens (including phenoxy) is 1. The number of hydrogen-bond acceptors (Lipinski definition) is 6. The van der Waals surface area contributed by atoms with Crippen molar-refractivity contribution < 1.29 is 13.9 Å². The maximum atomic E-state index is 12.6. The van der Waals surface area contributed by atoms with E-state index >= 15 is 0 Å². The van der Waals surface area contributed by atoms with E-state index in [1.807, 2.05) is 4.90 Å². The van der Waals surface area contributed by atoms with E-state index in [2.05, 4.69) is 14.9 Å². The molecule has 24 heavy (non-hydrogen) atoms. The van der Waals surface area contributed by atoms with Crippen LogP contribution in [0.15, 0.2) is 41.4 Å². The van der Waals surface area contributed by atoms with Crippen LogP contribution >= 0.6 is 0 Å². The van der Waals surface area contributed by atoms with Crippen molar-refractivity contribution in [3.8, 4) is 0 Å². The van der Waals surface area contributed by atoms with Crippen LogP contribution < -0.4 is 4.90 Å². The highest BCUT2D eigenvalue weighted by molar-refractivity contribution is 5.91. The van der Waals surface area contributed by atoms with Crippen LogP contribution in [0.25, 0.3) is 0 Å². The van der Waals surface area contributed by atoms with Gasteiger partial charge in [0.2, 0.25) is 0 Å². The molecule has 1 atom stereocenters. The molecule has 4 heterocycles. The number of hydrogen-bond donors (Lipinski definition) is 0. The van der Waals surface area contributed by atoms with E-state index in [1.165, 1.54) is 6.26 Å². The molecule has 2 aliphatic rings. The number of rotatable bonds is 2. The molecule has 2 saturated heterocycles. The molecule has 2 aliphatic heterocycles. The molecule has 1 amide bonds. The van der Waals surface area contributed by atoms with Gasteiger partial charge in [-0.2, -0.15) is 0 Å². The minimum Gasteiger partial charge on any atom is -0.459 e. The van der Waals surface area contributed by atoms with Gasteiger partial charge in [-0.05, 0) is 25.0 Å². The van der Waals surface area contributed by atoms with E-state index in [9.17, 15) is 4.79 Å². The average Bonchev–Trinajstić information content (AvgIpc) is 3.17. The Bertz CT molecular complexity index is 687. The van der Waals surface area contributed by atoms with Gasteiger partial charge in [-0.15, -0.1) is 0 Å². The Morgan fingerprint density at radius 3 is 3.00 bits per heavy atom. The van der Waals surface area contributed by atoms with Crippen molar-refractivity contribution in [1.82, 2.24) is 14.9 Å². The van der Waals surface area contributed by atoms with E-state index in [4.69, 9.17) is 9.15 Å². The number of carbonyl (C=O) groups excluding carboxylic acids is 1. The summed E-state index contributed by atoms with van der Waals surface area (Å²) < 4.78 is 11.4. The third-order valence-corrected chi connectivity index (χ3v) is 4.68. The third-order valence-electron chi connectivity index (χ3n) is 4.68. The lowest BCUT2D eigenvalue weighted by molar-refractivity contribution is -0.105. The first-order chi connectivity index (χ1) is 11.8. The van der Waals surface area contributed by atoms with E-state index in [1.54, 1.807) is 30.7 Å². The van der Waals surface area contributed by atoms with Crippen LogP contribution in [0.3, 0.4) is 0 Å². The fraction of sp³-hybridized carbons (Fsp3) is 0.471. The van der Waals surface area contributed by atoms with Crippen LogP contribution in [0.1, 0.15) is 23.4 Å². The van der Waals surface area contributed by atoms with Crippen molar-refractivity contribution in [1.29, 1.82) is 0 Å². The molecule has 2 aromatic heterocycles. The molecule has 0 aromatic carbocycles. The van der Waals surface area contributed by atoms with E-state index in [-0.39, 0.29) is 11.5 Å². The summed E-state index contributed by atoms with van der Waals surface area (Å²) in [6.45, 7) is 3.35. The molecule has 0 saturated carbocycles. The van der Waals surface area contributed by atoms with Crippen molar-refractivity contribution in [2.75, 3.05) is 37.7 Å². The molecule has 0 aliphatic carbocycles. The molecular weight excluding hydrogens is 308 g/mol. The average molecular weight is 328 g/mol. The van der Waals surface area contributed by atoms with Crippen molar-refractivity contribution in [3.63, 3.8) is 0 Å². The molecule has 1 spiro atoms. The quantitative estimate of drug-likeness (QED) is 0.833. The number of carbonyl (C=O) groups is 1. The third kappa shape index (κ3) is 2.87. The zero-order valence-electron chi connectivity index (χ0n) is 13.4. The van der Waals surface area contributed by atoms with Gasteiger partial charge in [0, 0.05) is 25.5 Å². The van der Waals surface area contributed by atoms with Gasteiger partial charge in [0.25, 0.3) is 5.91 Å². The summed E-state index contributed by atoms with van der Waals surface area (Å²) in [5, 5.41) is 0. The number of piperidine rings is 1. The summed E-state index contributed by atoms with van der Waals surface area (Å²) in [5.41, 5.74) is -0.351. The van der Waals surface area contributed by atoms with Crippen LogP contribution in [0.4, 0.5) is 5.82 Å². The largest absolute Gasteiger partial charge is 0.459 e. The van der Waals surface area contributed by atoms with Crippen molar-refractivity contribution in [2.45, 2.75) is 18.4 Å². The number of amides is 1. The lowest BCUT2D eigenvalue weighted by Crippen LogP contribution is -2.61. The van der Waals surface area contributed by atoms with Gasteiger partial charge in [0.05, 0.1) is 32.2 Å². The van der Waals surface area contributed by atoms with Gasteiger partial charge in [-0.1, -0.05) is 0 Å². The van der Waals surface area contributed by atoms with Gasteiger partial charge >= 0.3 is 0 Å². The number of aromatic nitrogens is 2. The summed E-state index contributed by atoms with van der Waals surface area (Å²) in [6.07, 6.45) is 8.60. The Balaban J connectivity index is 1.50. The van der Waals surface area contributed by atoms with Crippen LogP contribution in [0.5, 0.6) is 0 Å². The summed E-state index contributed by atoms with van der Waals surface area (Å²) >= 11 is 0. The highest BCUT2D eigenvalue weighted by atomic mass is 16.5. The summed E-state index contributed by atoms with van der Waals surface area (Å²) in [4.78, 5) is 25.1. The minimum absolute atomic E-state index is 0.0701. The molecule has 126 valence electrons. The Labute approximate surface area is 140 Å². The Hall–Kier alpha value is -2.41. The Morgan fingerprint density at radius 2 is 2.21 bits per heavy atom. The molecule has 1 unspecified atom stereocenters. The summed E-state index contributed by atoms with van der Waals surface area (Å²) in [6, 6.07) is 3.44. The second-order valence-corrected chi connectivity index (χ2v) is 6.32. The molecule has 0 bridgehead atoms. The molecule has 0 N–H and O–H groups in total. The van der Waals surface area contributed by atoms with Crippen LogP contribution in [-0.4, -0.2) is 59.2 Å². The topological polar surface area (TPSA) is 71.7 Å². The zero-order chi connectivity index (χ0) is 16.4. The molecular formula is C17H20N4O3. The fourth-order valence-corrected chi connectivity index (χ4v) is 3.57. The Morgan fingerprint density at radius 1 is 1.25 bits per heavy atom. The predicted octanol–water partition coefficient (Wildman–Crippen LogP) is 1.58. The minimum atomic E-state index is -0.351. The smallest absolute Gasteiger partial charge is 0.289 e. The first-order valence-electron chi connectivity index (χ1n) is 8.24. The maximum Gasteiger partial charge on any atom is 0.289 e. The van der Waals surface area contributed by atoms with Crippen LogP contribution in [0, 0.1) is 0 Å². The van der Waals surface area contributed by atoms with Gasteiger partial charge in [-0.25, -0.2) is 4.98 Å². The van der Waals surface area contributed by atoms with Gasteiger partial charge in [0.15, 0.2) is 5.76 Å². The van der Waals surface area contributed by atoms with Crippen molar-refractivity contribution in [2.24, 2.45) is 0 Å². The second kappa shape index (κ2) is 6.24. The van der Waals surface area contributed by atoms with Gasteiger partial charge < -0.3 is 19.0 Å². The number of nitrogens with zero attached hydrogens (tertiary/aromatic N) is 4. The standard InChI is InChI=1S/C17H20N4O3/c22-16(14-3-1-9-23-14)21-8-10-24-17(13-21)4-2-7-20(12-17)15-11-18-5-6-19-15/h1,3,5-6,9,11H,2,4,7-8,10,12-13H2. The summed E-state index contributed by atoms with van der Waals surface area (Å²) in [7, 11) is 0. The SMILES string of the molecule is O=C(c1ccco1)N1CCOC2(CCCN(c3cnccn3)C2)C1. The normalized spacial score (nSPS) is 24.3. The second-order valence-electron chi connectivity index (χ2n) is 6.32. The van der Waals surface area contributed by atoms with Gasteiger partial charge in [-0.3, -0.25) is 9.78 Å². The number of furan rings is 1. The zero-order valence-corrected chi connectivity index (χ0v) is 13.4. The van der Waals surface area contributed by atoms with Crippen LogP contribution in [0.2, 0.25) is 0 Å². The first-order valence-corrected chi connectivity index (χ1v) is 8.24. The molecule has 2 aromatic rings. The van der Waals surface area contributed by atoms with Crippen molar-refractivity contribution in [3.05, 3.63) is 42.7 Å². The molecule has 7 nitrogen and oxygen atoms in total. The highest BCUT2D eigenvalue weighted by Gasteiger charge is 2.42. The van der Waals surface area contributed by atoms with Crippen molar-refractivity contribution >= 4 is 11.7 Å². The summed E-state index contributed by atoms with van der Waals surface area (Å²) in [5.74, 6) is 1.17. The monoisotopic (exact) mass is 328 g/mol. The molecule has 2 fully saturated rings. The molecule has 0 radical (unpaired) electrons. The molecule has 4 rings (SSSR count). The van der Waals surface area contributed by atoms with E-state index < -0.39 is 0 Å². The first kappa shape index (κ1) is 15.1. The highest BCUT2D eigenvalue weighted by Crippen LogP contribution is 2.31. The molecule has 7 heteroatoms. The Kier molecular flexibility index (Phi) is 3.93.